The van der Waals surface area contributed by atoms with Crippen LogP contribution in [0.4, 0.5) is 5.82 Å². The molecule has 1 aromatic carbocycles. The summed E-state index contributed by atoms with van der Waals surface area (Å²) in [5, 5.41) is 5.54. The number of anilines is 1. The van der Waals surface area contributed by atoms with Gasteiger partial charge in [-0.1, -0.05) is 18.2 Å². The van der Waals surface area contributed by atoms with Crippen LogP contribution in [0.5, 0.6) is 0 Å². The number of aryl methyl sites for hydroxylation is 2. The van der Waals surface area contributed by atoms with Crippen molar-refractivity contribution in [1.29, 1.82) is 0 Å². The second-order valence-electron chi connectivity index (χ2n) is 7.36. The minimum absolute atomic E-state index is 0.0444. The highest BCUT2D eigenvalue weighted by Crippen LogP contribution is 2.19. The van der Waals surface area contributed by atoms with Gasteiger partial charge in [0, 0.05) is 30.8 Å². The zero-order chi connectivity index (χ0) is 20.8. The number of benzene rings is 1. The summed E-state index contributed by atoms with van der Waals surface area (Å²) in [4.78, 5) is 43.0. The molecule has 1 aliphatic heterocycles. The van der Waals surface area contributed by atoms with Crippen molar-refractivity contribution in [3.05, 3.63) is 59.3 Å². The molecule has 0 bridgehead atoms. The number of carbonyl (C=O) groups is 3. The van der Waals surface area contributed by atoms with Crippen molar-refractivity contribution in [3.63, 3.8) is 0 Å². The molecule has 29 heavy (non-hydrogen) atoms. The van der Waals surface area contributed by atoms with Crippen molar-refractivity contribution in [2.45, 2.75) is 26.7 Å². The summed E-state index contributed by atoms with van der Waals surface area (Å²) in [6.45, 7) is 4.76. The van der Waals surface area contributed by atoms with Gasteiger partial charge in [0.2, 0.25) is 11.8 Å². The molecule has 1 fully saturated rings. The van der Waals surface area contributed by atoms with Gasteiger partial charge >= 0.3 is 0 Å². The number of nitrogens with one attached hydrogen (secondary N) is 2. The van der Waals surface area contributed by atoms with Gasteiger partial charge in [-0.15, -0.1) is 0 Å². The molecule has 3 amide bonds. The Bertz CT molecular complexity index is 904. The zero-order valence-electron chi connectivity index (χ0n) is 16.8. The zero-order valence-corrected chi connectivity index (χ0v) is 16.8. The van der Waals surface area contributed by atoms with Crippen LogP contribution in [0.1, 0.15) is 34.3 Å². The number of nitrogens with zero attached hydrogens (tertiary/aromatic N) is 2. The fraction of sp³-hybridized carbons (Fsp3) is 0.364. The third kappa shape index (κ3) is 5.40. The first kappa shape index (κ1) is 20.5. The molecule has 0 spiro atoms. The Kier molecular flexibility index (Phi) is 6.59. The average Bonchev–Trinajstić information content (AvgIpc) is 2.72. The third-order valence-corrected chi connectivity index (χ3v) is 5.18. The number of piperidine rings is 1. The van der Waals surface area contributed by atoms with E-state index in [4.69, 9.17) is 0 Å². The molecule has 1 aromatic heterocycles. The van der Waals surface area contributed by atoms with Gasteiger partial charge in [0.15, 0.2) is 0 Å². The van der Waals surface area contributed by atoms with Gasteiger partial charge in [-0.05, 0) is 56.0 Å². The minimum atomic E-state index is -0.253. The van der Waals surface area contributed by atoms with Gasteiger partial charge < -0.3 is 15.5 Å². The topological polar surface area (TPSA) is 91.4 Å². The monoisotopic (exact) mass is 394 g/mol. The molecule has 7 nitrogen and oxygen atoms in total. The van der Waals surface area contributed by atoms with E-state index in [0.29, 0.717) is 37.3 Å². The highest BCUT2D eigenvalue weighted by molar-refractivity contribution is 5.97. The van der Waals surface area contributed by atoms with Crippen molar-refractivity contribution < 1.29 is 14.4 Å². The number of likely N-dealkylation sites (tertiary alicyclic amines) is 1. The molecule has 0 radical (unpaired) electrons. The van der Waals surface area contributed by atoms with E-state index in [1.54, 1.807) is 23.2 Å². The Labute approximate surface area is 170 Å². The van der Waals surface area contributed by atoms with Crippen molar-refractivity contribution in [3.8, 4) is 0 Å². The quantitative estimate of drug-likeness (QED) is 0.814. The lowest BCUT2D eigenvalue weighted by atomic mass is 9.96. The first-order valence-corrected chi connectivity index (χ1v) is 9.79. The molecule has 0 atom stereocenters. The second-order valence-corrected chi connectivity index (χ2v) is 7.36. The number of aromatic nitrogens is 1. The Morgan fingerprint density at radius 3 is 2.52 bits per heavy atom. The maximum Gasteiger partial charge on any atom is 0.251 e. The van der Waals surface area contributed by atoms with Gasteiger partial charge in [-0.25, -0.2) is 4.98 Å². The SMILES string of the molecule is Cc1ccnc(NC(=O)C2CCN(C(=O)CNC(=O)c3ccccc3C)CC2)c1. The molecule has 0 aliphatic carbocycles. The van der Waals surface area contributed by atoms with Crippen LogP contribution < -0.4 is 10.6 Å². The average molecular weight is 394 g/mol. The van der Waals surface area contributed by atoms with E-state index in [1.165, 1.54) is 0 Å². The van der Waals surface area contributed by atoms with Gasteiger partial charge in [-0.3, -0.25) is 14.4 Å². The van der Waals surface area contributed by atoms with E-state index in [1.807, 2.05) is 38.1 Å². The Hall–Kier alpha value is -3.22. The van der Waals surface area contributed by atoms with Crippen molar-refractivity contribution in [2.75, 3.05) is 25.0 Å². The summed E-state index contributed by atoms with van der Waals surface area (Å²) in [7, 11) is 0. The summed E-state index contributed by atoms with van der Waals surface area (Å²) in [5.74, 6) is -0.0547. The summed E-state index contributed by atoms with van der Waals surface area (Å²) < 4.78 is 0. The van der Waals surface area contributed by atoms with Crippen molar-refractivity contribution >= 4 is 23.5 Å². The van der Waals surface area contributed by atoms with Gasteiger partial charge in [0.1, 0.15) is 5.82 Å². The lowest BCUT2D eigenvalue weighted by Gasteiger charge is -2.31. The lowest BCUT2D eigenvalue weighted by Crippen LogP contribution is -2.45. The first-order chi connectivity index (χ1) is 13.9. The molecule has 2 N–H and O–H groups in total. The maximum absolute atomic E-state index is 12.4. The fourth-order valence-corrected chi connectivity index (χ4v) is 3.41. The molecule has 2 aromatic rings. The van der Waals surface area contributed by atoms with Crippen molar-refractivity contribution in [2.24, 2.45) is 5.92 Å². The standard InChI is InChI=1S/C22H26N4O3/c1-15-7-10-23-19(13-15)25-21(28)17-8-11-26(12-9-17)20(27)14-24-22(29)18-6-4-3-5-16(18)2/h3-7,10,13,17H,8-9,11-12,14H2,1-2H3,(H,24,29)(H,23,25,28). The number of hydrogen-bond donors (Lipinski definition) is 2. The molecule has 2 heterocycles. The second kappa shape index (κ2) is 9.32. The van der Waals surface area contributed by atoms with Crippen molar-refractivity contribution in [1.82, 2.24) is 15.2 Å². The predicted molar refractivity (Wildman–Crippen MR) is 110 cm³/mol. The number of carbonyl (C=O) groups excluding carboxylic acids is 3. The molecule has 1 saturated heterocycles. The van der Waals surface area contributed by atoms with E-state index < -0.39 is 0 Å². The fourth-order valence-electron chi connectivity index (χ4n) is 3.41. The lowest BCUT2D eigenvalue weighted by molar-refractivity contribution is -0.133. The molecular formula is C22H26N4O3. The van der Waals surface area contributed by atoms with Crippen LogP contribution >= 0.6 is 0 Å². The van der Waals surface area contributed by atoms with E-state index in [9.17, 15) is 14.4 Å². The highest BCUT2D eigenvalue weighted by Gasteiger charge is 2.27. The van der Waals surface area contributed by atoms with Crippen LogP contribution in [-0.2, 0) is 9.59 Å². The number of rotatable bonds is 5. The van der Waals surface area contributed by atoms with E-state index in [-0.39, 0.29) is 30.2 Å². The molecule has 1 aliphatic rings. The smallest absolute Gasteiger partial charge is 0.251 e. The molecular weight excluding hydrogens is 368 g/mol. The summed E-state index contributed by atoms with van der Waals surface area (Å²) in [6, 6.07) is 11.0. The van der Waals surface area contributed by atoms with Gasteiger partial charge in [0.05, 0.1) is 6.54 Å². The third-order valence-electron chi connectivity index (χ3n) is 5.18. The number of hydrogen-bond acceptors (Lipinski definition) is 4. The number of amides is 3. The summed E-state index contributed by atoms with van der Waals surface area (Å²) in [6.07, 6.45) is 2.85. The van der Waals surface area contributed by atoms with Crippen LogP contribution in [0.2, 0.25) is 0 Å². The number of pyridine rings is 1. The van der Waals surface area contributed by atoms with Crippen LogP contribution in [-0.4, -0.2) is 47.2 Å². The Balaban J connectivity index is 1.45. The summed E-state index contributed by atoms with van der Waals surface area (Å²) in [5.41, 5.74) is 2.47. The Morgan fingerprint density at radius 1 is 1.10 bits per heavy atom. The molecule has 3 rings (SSSR count). The largest absolute Gasteiger partial charge is 0.343 e. The summed E-state index contributed by atoms with van der Waals surface area (Å²) >= 11 is 0. The van der Waals surface area contributed by atoms with Crippen LogP contribution in [0.15, 0.2) is 42.6 Å². The van der Waals surface area contributed by atoms with E-state index >= 15 is 0 Å². The first-order valence-electron chi connectivity index (χ1n) is 9.79. The molecule has 152 valence electrons. The molecule has 0 saturated carbocycles. The minimum Gasteiger partial charge on any atom is -0.343 e. The predicted octanol–water partition coefficient (Wildman–Crippen LogP) is 2.31. The van der Waals surface area contributed by atoms with E-state index in [2.05, 4.69) is 15.6 Å². The van der Waals surface area contributed by atoms with E-state index in [0.717, 1.165) is 11.1 Å². The van der Waals surface area contributed by atoms with Crippen LogP contribution in [0.3, 0.4) is 0 Å². The normalized spacial score (nSPS) is 14.3. The molecule has 7 heteroatoms. The van der Waals surface area contributed by atoms with Crippen LogP contribution in [0, 0.1) is 19.8 Å². The van der Waals surface area contributed by atoms with Gasteiger partial charge in [-0.2, -0.15) is 0 Å². The van der Waals surface area contributed by atoms with Gasteiger partial charge in [0.25, 0.3) is 5.91 Å². The van der Waals surface area contributed by atoms with Crippen LogP contribution in [0.25, 0.3) is 0 Å². The molecule has 0 unspecified atom stereocenters. The highest BCUT2D eigenvalue weighted by atomic mass is 16.2. The maximum atomic E-state index is 12.4. The Morgan fingerprint density at radius 2 is 1.83 bits per heavy atom.